The lowest BCUT2D eigenvalue weighted by molar-refractivity contribution is -0.122. The molecule has 1 aliphatic heterocycles. The first-order valence-electron chi connectivity index (χ1n) is 8.01. The molecule has 1 unspecified atom stereocenters. The van der Waals surface area contributed by atoms with Crippen molar-refractivity contribution in [2.45, 2.75) is 45.1 Å². The van der Waals surface area contributed by atoms with Gasteiger partial charge in [0.15, 0.2) is 0 Å². The Kier molecular flexibility index (Phi) is 6.54. The molecular weight excluding hydrogens is 264 g/mol. The van der Waals surface area contributed by atoms with Gasteiger partial charge in [-0.2, -0.15) is 0 Å². The number of nitrogens with one attached hydrogen (secondary N) is 2. The van der Waals surface area contributed by atoms with Gasteiger partial charge in [-0.25, -0.2) is 0 Å². The van der Waals surface area contributed by atoms with Crippen LogP contribution in [0.25, 0.3) is 0 Å². The number of para-hydroxylation sites is 1. The zero-order valence-electron chi connectivity index (χ0n) is 12.9. The number of fused-ring (bicyclic) bond motifs is 1. The summed E-state index contributed by atoms with van der Waals surface area (Å²) in [5, 5.41) is 6.31. The van der Waals surface area contributed by atoms with E-state index >= 15 is 0 Å². The highest BCUT2D eigenvalue weighted by Gasteiger charge is 2.22. The van der Waals surface area contributed by atoms with E-state index in [9.17, 15) is 4.79 Å². The molecule has 1 atom stereocenters. The number of rotatable bonds is 8. The van der Waals surface area contributed by atoms with Crippen molar-refractivity contribution in [1.82, 2.24) is 5.32 Å². The summed E-state index contributed by atoms with van der Waals surface area (Å²) in [6.45, 7) is 4.39. The van der Waals surface area contributed by atoms with Crippen LogP contribution in [-0.4, -0.2) is 31.7 Å². The van der Waals surface area contributed by atoms with E-state index in [4.69, 9.17) is 4.74 Å². The monoisotopic (exact) mass is 290 g/mol. The Morgan fingerprint density at radius 2 is 2.14 bits per heavy atom. The second-order valence-electron chi connectivity index (χ2n) is 5.50. The maximum Gasteiger partial charge on any atom is 0.242 e. The third kappa shape index (κ3) is 5.05. The van der Waals surface area contributed by atoms with Gasteiger partial charge in [-0.1, -0.05) is 31.5 Å². The van der Waals surface area contributed by atoms with Gasteiger partial charge in [-0.3, -0.25) is 4.79 Å². The number of amides is 1. The summed E-state index contributed by atoms with van der Waals surface area (Å²) >= 11 is 0. The van der Waals surface area contributed by atoms with Crippen LogP contribution in [0.1, 0.15) is 38.2 Å². The first-order valence-corrected chi connectivity index (χ1v) is 8.01. The highest BCUT2D eigenvalue weighted by atomic mass is 16.5. The molecule has 4 nitrogen and oxygen atoms in total. The molecule has 0 fully saturated rings. The number of carbonyl (C=O) groups excluding carboxylic acids is 1. The van der Waals surface area contributed by atoms with Crippen LogP contribution in [-0.2, 0) is 16.0 Å². The molecule has 21 heavy (non-hydrogen) atoms. The quantitative estimate of drug-likeness (QED) is 0.724. The SMILES string of the molecule is CCCCOCCCNC(=O)C1CCc2ccccc2N1. The molecule has 0 aliphatic carbocycles. The Morgan fingerprint density at radius 1 is 1.33 bits per heavy atom. The molecule has 0 saturated carbocycles. The number of ether oxygens (including phenoxy) is 1. The Bertz CT molecular complexity index is 448. The molecule has 0 aromatic heterocycles. The van der Waals surface area contributed by atoms with Gasteiger partial charge in [-0.15, -0.1) is 0 Å². The van der Waals surface area contributed by atoms with E-state index in [0.717, 1.165) is 51.0 Å². The van der Waals surface area contributed by atoms with Crippen molar-refractivity contribution in [3.05, 3.63) is 29.8 Å². The number of hydrogen-bond acceptors (Lipinski definition) is 3. The average molecular weight is 290 g/mol. The molecule has 1 aliphatic rings. The summed E-state index contributed by atoms with van der Waals surface area (Å²) in [6.07, 6.45) is 4.96. The van der Waals surface area contributed by atoms with Gasteiger partial charge in [0.2, 0.25) is 5.91 Å². The van der Waals surface area contributed by atoms with Crippen LogP contribution in [0, 0.1) is 0 Å². The molecule has 0 bridgehead atoms. The number of carbonyl (C=O) groups is 1. The van der Waals surface area contributed by atoms with E-state index in [1.54, 1.807) is 0 Å². The summed E-state index contributed by atoms with van der Waals surface area (Å²) in [5.41, 5.74) is 2.39. The zero-order chi connectivity index (χ0) is 14.9. The van der Waals surface area contributed by atoms with E-state index in [0.29, 0.717) is 6.54 Å². The fourth-order valence-electron chi connectivity index (χ4n) is 2.49. The smallest absolute Gasteiger partial charge is 0.242 e. The number of anilines is 1. The second-order valence-corrected chi connectivity index (χ2v) is 5.50. The lowest BCUT2D eigenvalue weighted by atomic mass is 9.98. The number of unbranched alkanes of at least 4 members (excludes halogenated alkanes) is 1. The lowest BCUT2D eigenvalue weighted by Gasteiger charge is -2.26. The van der Waals surface area contributed by atoms with Gasteiger partial charge in [-0.05, 0) is 37.3 Å². The van der Waals surface area contributed by atoms with E-state index in [1.165, 1.54) is 5.56 Å². The molecule has 1 amide bonds. The maximum absolute atomic E-state index is 12.1. The minimum atomic E-state index is -0.110. The zero-order valence-corrected chi connectivity index (χ0v) is 12.9. The molecule has 2 rings (SSSR count). The maximum atomic E-state index is 12.1. The topological polar surface area (TPSA) is 50.4 Å². The predicted octanol–water partition coefficient (Wildman–Crippen LogP) is 2.74. The molecule has 2 N–H and O–H groups in total. The van der Waals surface area contributed by atoms with Crippen LogP contribution in [0.15, 0.2) is 24.3 Å². The second kappa shape index (κ2) is 8.67. The molecule has 0 radical (unpaired) electrons. The normalized spacial score (nSPS) is 16.9. The van der Waals surface area contributed by atoms with Crippen LogP contribution in [0.4, 0.5) is 5.69 Å². The number of aryl methyl sites for hydroxylation is 1. The molecule has 1 aromatic rings. The van der Waals surface area contributed by atoms with Crippen LogP contribution in [0.3, 0.4) is 0 Å². The van der Waals surface area contributed by atoms with E-state index in [1.807, 2.05) is 18.2 Å². The van der Waals surface area contributed by atoms with Crippen molar-refractivity contribution in [3.63, 3.8) is 0 Å². The van der Waals surface area contributed by atoms with Gasteiger partial charge in [0.1, 0.15) is 6.04 Å². The van der Waals surface area contributed by atoms with E-state index in [2.05, 4.69) is 23.6 Å². The van der Waals surface area contributed by atoms with Crippen LogP contribution < -0.4 is 10.6 Å². The lowest BCUT2D eigenvalue weighted by Crippen LogP contribution is -2.42. The van der Waals surface area contributed by atoms with Crippen molar-refractivity contribution < 1.29 is 9.53 Å². The third-order valence-corrected chi connectivity index (χ3v) is 3.77. The molecular formula is C17H26N2O2. The highest BCUT2D eigenvalue weighted by molar-refractivity contribution is 5.85. The molecule has 116 valence electrons. The molecule has 4 heteroatoms. The summed E-state index contributed by atoms with van der Waals surface area (Å²) in [5.74, 6) is 0.0954. The first kappa shape index (κ1) is 15.8. The van der Waals surface area contributed by atoms with E-state index < -0.39 is 0 Å². The van der Waals surface area contributed by atoms with Gasteiger partial charge < -0.3 is 15.4 Å². The van der Waals surface area contributed by atoms with Crippen molar-refractivity contribution in [1.29, 1.82) is 0 Å². The Balaban J connectivity index is 1.64. The van der Waals surface area contributed by atoms with Crippen molar-refractivity contribution in [2.75, 3.05) is 25.1 Å². The molecule has 1 aromatic carbocycles. The molecule has 0 saturated heterocycles. The first-order chi connectivity index (χ1) is 10.3. The van der Waals surface area contributed by atoms with Gasteiger partial charge in [0, 0.05) is 25.4 Å². The third-order valence-electron chi connectivity index (χ3n) is 3.77. The molecule has 0 spiro atoms. The minimum Gasteiger partial charge on any atom is -0.381 e. The number of benzene rings is 1. The largest absolute Gasteiger partial charge is 0.381 e. The minimum absolute atomic E-state index is 0.0954. The van der Waals surface area contributed by atoms with Crippen LogP contribution in [0.2, 0.25) is 0 Å². The Morgan fingerprint density at radius 3 is 3.00 bits per heavy atom. The van der Waals surface area contributed by atoms with Gasteiger partial charge in [0.25, 0.3) is 0 Å². The average Bonchev–Trinajstić information content (AvgIpc) is 2.53. The van der Waals surface area contributed by atoms with Crippen molar-refractivity contribution in [3.8, 4) is 0 Å². The van der Waals surface area contributed by atoms with Gasteiger partial charge >= 0.3 is 0 Å². The standard InChI is InChI=1S/C17H26N2O2/c1-2-3-12-21-13-6-11-18-17(20)16-10-9-14-7-4-5-8-15(14)19-16/h4-5,7-8,16,19H,2-3,6,9-13H2,1H3,(H,18,20). The van der Waals surface area contributed by atoms with Gasteiger partial charge in [0.05, 0.1) is 0 Å². The summed E-state index contributed by atoms with van der Waals surface area (Å²) < 4.78 is 5.48. The summed E-state index contributed by atoms with van der Waals surface area (Å²) in [7, 11) is 0. The van der Waals surface area contributed by atoms with Crippen molar-refractivity contribution >= 4 is 11.6 Å². The Labute approximate surface area is 127 Å². The number of hydrogen-bond donors (Lipinski definition) is 2. The van der Waals surface area contributed by atoms with Crippen LogP contribution in [0.5, 0.6) is 0 Å². The van der Waals surface area contributed by atoms with Crippen LogP contribution >= 0.6 is 0 Å². The summed E-state index contributed by atoms with van der Waals surface area (Å²) in [6, 6.07) is 8.08. The highest BCUT2D eigenvalue weighted by Crippen LogP contribution is 2.24. The van der Waals surface area contributed by atoms with E-state index in [-0.39, 0.29) is 11.9 Å². The predicted molar refractivity (Wildman–Crippen MR) is 85.5 cm³/mol. The van der Waals surface area contributed by atoms with Crippen molar-refractivity contribution in [2.24, 2.45) is 0 Å². The fourth-order valence-corrected chi connectivity index (χ4v) is 2.49. The molecule has 1 heterocycles. The fraction of sp³-hybridized carbons (Fsp3) is 0.588. The summed E-state index contributed by atoms with van der Waals surface area (Å²) in [4.78, 5) is 12.1. The Hall–Kier alpha value is -1.55.